The molecule has 1 rings (SSSR count). The van der Waals surface area contributed by atoms with Crippen molar-refractivity contribution in [2.75, 3.05) is 0 Å². The topological polar surface area (TPSA) is 4.93 Å². The van der Waals surface area contributed by atoms with Gasteiger partial charge >= 0.3 is 0 Å². The van der Waals surface area contributed by atoms with Crippen LogP contribution in [0.3, 0.4) is 0 Å². The van der Waals surface area contributed by atoms with Crippen molar-refractivity contribution in [3.8, 4) is 0 Å². The Morgan fingerprint density at radius 1 is 0.917 bits per heavy atom. The first-order valence-electron chi connectivity index (χ1n) is 4.70. The maximum atomic E-state index is 2.17. The van der Waals surface area contributed by atoms with Crippen LogP contribution < -0.4 is 0 Å². The average Bonchev–Trinajstić information content (AvgIpc) is 2.43. The molecule has 12 heavy (non-hydrogen) atoms. The molecule has 0 bridgehead atoms. The highest BCUT2D eigenvalue weighted by atomic mass is 14.9. The van der Waals surface area contributed by atoms with E-state index in [1.807, 2.05) is 50.0 Å². The maximum Gasteiger partial charge on any atom is 0.0106 e. The first-order chi connectivity index (χ1) is 5.63. The molecule has 0 N–H and O–H groups in total. The molecule has 0 aromatic carbocycles. The summed E-state index contributed by atoms with van der Waals surface area (Å²) in [5.74, 6) is 0.833. The molecule has 0 aliphatic heterocycles. The molecule has 0 aliphatic carbocycles. The van der Waals surface area contributed by atoms with Gasteiger partial charge in [0.25, 0.3) is 0 Å². The van der Waals surface area contributed by atoms with Crippen LogP contribution in [0.15, 0.2) is 24.5 Å². The minimum absolute atomic E-state index is 0.833. The van der Waals surface area contributed by atoms with Crippen LogP contribution in [0.4, 0.5) is 0 Å². The average molecular weight is 169 g/mol. The summed E-state index contributed by atoms with van der Waals surface area (Å²) in [6.45, 7) is 10.5. The van der Waals surface area contributed by atoms with Gasteiger partial charge in [-0.2, -0.15) is 0 Å². The largest absolute Gasteiger partial charge is 0.357 e. The van der Waals surface area contributed by atoms with Crippen LogP contribution in [0.2, 0.25) is 0 Å². The van der Waals surface area contributed by atoms with Crippen molar-refractivity contribution in [3.05, 3.63) is 24.5 Å². The number of hydrogen-bond acceptors (Lipinski definition) is 0. The van der Waals surface area contributed by atoms with Gasteiger partial charge < -0.3 is 4.57 Å². The SMILES string of the molecule is CC.CC(C)C.Cn1cccc1. The third-order valence-electron chi connectivity index (χ3n) is 0.754. The minimum atomic E-state index is 0.833. The smallest absolute Gasteiger partial charge is 0.0106 e. The van der Waals surface area contributed by atoms with Gasteiger partial charge in [-0.1, -0.05) is 34.6 Å². The fourth-order valence-corrected chi connectivity index (χ4v) is 0.421. The molecule has 1 heterocycles. The van der Waals surface area contributed by atoms with E-state index in [0.717, 1.165) is 5.92 Å². The third kappa shape index (κ3) is 16.1. The Bertz CT molecular complexity index is 137. The quantitative estimate of drug-likeness (QED) is 0.558. The van der Waals surface area contributed by atoms with E-state index in [1.54, 1.807) is 0 Å². The predicted octanol–water partition coefficient (Wildman–Crippen LogP) is 3.71. The van der Waals surface area contributed by atoms with Crippen LogP contribution in [-0.4, -0.2) is 4.57 Å². The zero-order chi connectivity index (χ0) is 9.98. The Kier molecular flexibility index (Phi) is 11.9. The molecule has 0 saturated heterocycles. The molecule has 0 amide bonds. The van der Waals surface area contributed by atoms with Crippen molar-refractivity contribution in [3.63, 3.8) is 0 Å². The van der Waals surface area contributed by atoms with Crippen molar-refractivity contribution in [2.24, 2.45) is 13.0 Å². The molecule has 0 unspecified atom stereocenters. The van der Waals surface area contributed by atoms with Gasteiger partial charge in [0.1, 0.15) is 0 Å². The predicted molar refractivity (Wildman–Crippen MR) is 57.3 cm³/mol. The molecule has 1 aromatic heterocycles. The number of aromatic nitrogens is 1. The Morgan fingerprint density at radius 2 is 1.17 bits per heavy atom. The summed E-state index contributed by atoms with van der Waals surface area (Å²) < 4.78 is 2.00. The van der Waals surface area contributed by atoms with E-state index in [0.29, 0.717) is 0 Å². The van der Waals surface area contributed by atoms with E-state index < -0.39 is 0 Å². The Morgan fingerprint density at radius 3 is 1.25 bits per heavy atom. The summed E-state index contributed by atoms with van der Waals surface area (Å²) in [5, 5.41) is 0. The lowest BCUT2D eigenvalue weighted by atomic mass is 10.3. The Balaban J connectivity index is 0. The summed E-state index contributed by atoms with van der Waals surface area (Å²) >= 11 is 0. The van der Waals surface area contributed by atoms with Crippen molar-refractivity contribution >= 4 is 0 Å². The molecule has 1 aromatic rings. The second-order valence-electron chi connectivity index (χ2n) is 3.08. The molecule has 0 spiro atoms. The number of rotatable bonds is 0. The van der Waals surface area contributed by atoms with Gasteiger partial charge in [-0.15, -0.1) is 0 Å². The van der Waals surface area contributed by atoms with Gasteiger partial charge in [0, 0.05) is 19.4 Å². The first kappa shape index (κ1) is 13.8. The molecule has 0 atom stereocenters. The van der Waals surface area contributed by atoms with E-state index in [2.05, 4.69) is 20.8 Å². The van der Waals surface area contributed by atoms with Crippen molar-refractivity contribution in [2.45, 2.75) is 34.6 Å². The number of hydrogen-bond donors (Lipinski definition) is 0. The summed E-state index contributed by atoms with van der Waals surface area (Å²) in [7, 11) is 2.00. The summed E-state index contributed by atoms with van der Waals surface area (Å²) in [6.07, 6.45) is 4.00. The highest BCUT2D eigenvalue weighted by Gasteiger charge is 1.68. The molecule has 0 radical (unpaired) electrons. The molecule has 1 nitrogen and oxygen atoms in total. The summed E-state index contributed by atoms with van der Waals surface area (Å²) in [6, 6.07) is 4.00. The second kappa shape index (κ2) is 10.3. The van der Waals surface area contributed by atoms with Gasteiger partial charge in [-0.25, -0.2) is 0 Å². The highest BCUT2D eigenvalue weighted by molar-refractivity contribution is 4.88. The van der Waals surface area contributed by atoms with Gasteiger partial charge in [-0.05, 0) is 18.1 Å². The monoisotopic (exact) mass is 169 g/mol. The van der Waals surface area contributed by atoms with Crippen LogP contribution in [0.25, 0.3) is 0 Å². The van der Waals surface area contributed by atoms with Crippen LogP contribution in [0, 0.1) is 5.92 Å². The second-order valence-corrected chi connectivity index (χ2v) is 3.08. The van der Waals surface area contributed by atoms with Crippen LogP contribution in [0.1, 0.15) is 34.6 Å². The van der Waals surface area contributed by atoms with Crippen LogP contribution >= 0.6 is 0 Å². The van der Waals surface area contributed by atoms with Crippen LogP contribution in [-0.2, 0) is 7.05 Å². The molecule has 72 valence electrons. The Labute approximate surface area is 77.4 Å². The van der Waals surface area contributed by atoms with Gasteiger partial charge in [-0.3, -0.25) is 0 Å². The highest BCUT2D eigenvalue weighted by Crippen LogP contribution is 1.81. The minimum Gasteiger partial charge on any atom is -0.357 e. The van der Waals surface area contributed by atoms with Crippen molar-refractivity contribution in [1.29, 1.82) is 0 Å². The zero-order valence-corrected chi connectivity index (χ0v) is 9.33. The summed E-state index contributed by atoms with van der Waals surface area (Å²) in [4.78, 5) is 0. The van der Waals surface area contributed by atoms with E-state index in [1.165, 1.54) is 0 Å². The van der Waals surface area contributed by atoms with Gasteiger partial charge in [0.15, 0.2) is 0 Å². The fourth-order valence-electron chi connectivity index (χ4n) is 0.421. The van der Waals surface area contributed by atoms with E-state index in [4.69, 9.17) is 0 Å². The summed E-state index contributed by atoms with van der Waals surface area (Å²) in [5.41, 5.74) is 0. The molecular formula is C11H23N. The molecule has 0 fully saturated rings. The maximum absolute atomic E-state index is 2.17. The third-order valence-corrected chi connectivity index (χ3v) is 0.754. The standard InChI is InChI=1S/C5H7N.C4H10.C2H6/c1-6-4-2-3-5-6;1-4(2)3;1-2/h2-5H,1H3;4H,1-3H3;1-2H3. The first-order valence-corrected chi connectivity index (χ1v) is 4.70. The normalized spacial score (nSPS) is 7.92. The molecule has 0 aliphatic rings. The lowest BCUT2D eigenvalue weighted by molar-refractivity contribution is 0.737. The van der Waals surface area contributed by atoms with E-state index in [9.17, 15) is 0 Å². The molecular weight excluding hydrogens is 146 g/mol. The fraction of sp³-hybridized carbons (Fsp3) is 0.636. The molecule has 0 saturated carbocycles. The van der Waals surface area contributed by atoms with Gasteiger partial charge in [0.2, 0.25) is 0 Å². The van der Waals surface area contributed by atoms with E-state index in [-0.39, 0.29) is 0 Å². The zero-order valence-electron chi connectivity index (χ0n) is 9.33. The van der Waals surface area contributed by atoms with E-state index >= 15 is 0 Å². The molecule has 1 heteroatoms. The van der Waals surface area contributed by atoms with Gasteiger partial charge in [0.05, 0.1) is 0 Å². The lowest BCUT2D eigenvalue weighted by Gasteiger charge is -1.79. The lowest BCUT2D eigenvalue weighted by Crippen LogP contribution is -1.75. The Hall–Kier alpha value is -0.720. The van der Waals surface area contributed by atoms with Crippen molar-refractivity contribution < 1.29 is 0 Å². The van der Waals surface area contributed by atoms with Crippen LogP contribution in [0.5, 0.6) is 0 Å². The number of nitrogens with zero attached hydrogens (tertiary/aromatic N) is 1. The number of aryl methyl sites for hydroxylation is 1. The van der Waals surface area contributed by atoms with Crippen molar-refractivity contribution in [1.82, 2.24) is 4.57 Å².